The average Bonchev–Trinajstić information content (AvgIpc) is 2.42. The maximum Gasteiger partial charge on any atom is 0.262 e. The van der Waals surface area contributed by atoms with Crippen LogP contribution in [0.3, 0.4) is 0 Å². The molecule has 0 aliphatic rings. The van der Waals surface area contributed by atoms with Gasteiger partial charge in [-0.2, -0.15) is 0 Å². The van der Waals surface area contributed by atoms with Crippen molar-refractivity contribution in [2.45, 2.75) is 11.8 Å². The van der Waals surface area contributed by atoms with Gasteiger partial charge in [0.2, 0.25) is 0 Å². The first-order valence-corrected chi connectivity index (χ1v) is 8.20. The van der Waals surface area contributed by atoms with Crippen LogP contribution in [0.15, 0.2) is 39.8 Å². The Bertz CT molecular complexity index is 778. The standard InChI is InChI=1S/C13H14BrN3O3S/c1-8-11(4-6-13(14)16-8)17-21(18,19)9-3-5-12(20-2)10(15)7-9/h3-7,17H,15H2,1-2H3. The first-order chi connectivity index (χ1) is 9.83. The number of aryl methyl sites for hydroxylation is 1. The highest BCUT2D eigenvalue weighted by Crippen LogP contribution is 2.26. The van der Waals surface area contributed by atoms with E-state index in [9.17, 15) is 8.42 Å². The van der Waals surface area contributed by atoms with Gasteiger partial charge in [-0.05, 0) is 53.2 Å². The molecular formula is C13H14BrN3O3S. The number of nitrogen functional groups attached to an aromatic ring is 1. The summed E-state index contributed by atoms with van der Waals surface area (Å²) in [6.45, 7) is 1.71. The zero-order valence-electron chi connectivity index (χ0n) is 11.4. The number of pyridine rings is 1. The van der Waals surface area contributed by atoms with E-state index in [0.717, 1.165) is 0 Å². The summed E-state index contributed by atoms with van der Waals surface area (Å²) in [6, 6.07) is 7.59. The summed E-state index contributed by atoms with van der Waals surface area (Å²) in [5, 5.41) is 0. The fraction of sp³-hybridized carbons (Fsp3) is 0.154. The van der Waals surface area contributed by atoms with Crippen LogP contribution in [0.2, 0.25) is 0 Å². The highest BCUT2D eigenvalue weighted by Gasteiger charge is 2.17. The maximum atomic E-state index is 12.3. The summed E-state index contributed by atoms with van der Waals surface area (Å²) in [7, 11) is -2.27. The summed E-state index contributed by atoms with van der Waals surface area (Å²) < 4.78 is 32.8. The molecular weight excluding hydrogens is 358 g/mol. The molecule has 0 saturated carbocycles. The minimum atomic E-state index is -3.74. The Morgan fingerprint density at radius 3 is 2.57 bits per heavy atom. The predicted octanol–water partition coefficient (Wildman–Crippen LogP) is 2.54. The predicted molar refractivity (Wildman–Crippen MR) is 84.9 cm³/mol. The number of rotatable bonds is 4. The van der Waals surface area contributed by atoms with Crippen molar-refractivity contribution in [3.8, 4) is 5.75 Å². The maximum absolute atomic E-state index is 12.3. The van der Waals surface area contributed by atoms with Crippen LogP contribution >= 0.6 is 15.9 Å². The summed E-state index contributed by atoms with van der Waals surface area (Å²) in [5.74, 6) is 0.426. The van der Waals surface area contributed by atoms with Crippen LogP contribution in [0.4, 0.5) is 11.4 Å². The van der Waals surface area contributed by atoms with Gasteiger partial charge in [0, 0.05) is 0 Å². The molecule has 0 bridgehead atoms. The third kappa shape index (κ3) is 3.45. The van der Waals surface area contributed by atoms with Gasteiger partial charge in [-0.25, -0.2) is 13.4 Å². The number of anilines is 2. The zero-order valence-corrected chi connectivity index (χ0v) is 13.8. The topological polar surface area (TPSA) is 94.3 Å². The smallest absolute Gasteiger partial charge is 0.262 e. The van der Waals surface area contributed by atoms with Gasteiger partial charge in [0.05, 0.1) is 29.1 Å². The lowest BCUT2D eigenvalue weighted by Crippen LogP contribution is -2.14. The Morgan fingerprint density at radius 1 is 1.29 bits per heavy atom. The Kier molecular flexibility index (Phi) is 4.38. The third-order valence-electron chi connectivity index (χ3n) is 2.81. The number of nitrogens with one attached hydrogen (secondary N) is 1. The van der Waals surface area contributed by atoms with Crippen molar-refractivity contribution in [2.75, 3.05) is 17.6 Å². The van der Waals surface area contributed by atoms with Crippen LogP contribution in [0, 0.1) is 6.92 Å². The van der Waals surface area contributed by atoms with E-state index in [4.69, 9.17) is 10.5 Å². The van der Waals surface area contributed by atoms with Crippen LogP contribution < -0.4 is 15.2 Å². The van der Waals surface area contributed by atoms with E-state index in [0.29, 0.717) is 21.7 Å². The second-order valence-electron chi connectivity index (χ2n) is 4.28. The molecule has 0 aliphatic heterocycles. The molecule has 21 heavy (non-hydrogen) atoms. The molecule has 8 heteroatoms. The highest BCUT2D eigenvalue weighted by atomic mass is 79.9. The molecule has 0 spiro atoms. The van der Waals surface area contributed by atoms with Crippen LogP contribution in [0.1, 0.15) is 5.69 Å². The van der Waals surface area contributed by atoms with E-state index in [1.165, 1.54) is 25.3 Å². The molecule has 0 fully saturated rings. The fourth-order valence-electron chi connectivity index (χ4n) is 1.72. The number of halogens is 1. The van der Waals surface area contributed by atoms with E-state index < -0.39 is 10.0 Å². The van der Waals surface area contributed by atoms with Crippen molar-refractivity contribution < 1.29 is 13.2 Å². The SMILES string of the molecule is COc1ccc(S(=O)(=O)Nc2ccc(Br)nc2C)cc1N. The lowest BCUT2D eigenvalue weighted by molar-refractivity contribution is 0.416. The summed E-state index contributed by atoms with van der Waals surface area (Å²) >= 11 is 3.23. The molecule has 0 aliphatic carbocycles. The zero-order chi connectivity index (χ0) is 15.6. The van der Waals surface area contributed by atoms with Crippen molar-refractivity contribution in [1.29, 1.82) is 0 Å². The van der Waals surface area contributed by atoms with Crippen LogP contribution in [-0.2, 0) is 10.0 Å². The van der Waals surface area contributed by atoms with Gasteiger partial charge in [-0.15, -0.1) is 0 Å². The number of hydrogen-bond donors (Lipinski definition) is 2. The van der Waals surface area contributed by atoms with Crippen molar-refractivity contribution in [3.63, 3.8) is 0 Å². The Balaban J connectivity index is 2.36. The van der Waals surface area contributed by atoms with Gasteiger partial charge >= 0.3 is 0 Å². The molecule has 0 atom stereocenters. The van der Waals surface area contributed by atoms with Crippen molar-refractivity contribution in [2.24, 2.45) is 0 Å². The molecule has 112 valence electrons. The second-order valence-corrected chi connectivity index (χ2v) is 6.77. The van der Waals surface area contributed by atoms with E-state index in [2.05, 4.69) is 25.6 Å². The number of ether oxygens (including phenoxy) is 1. The van der Waals surface area contributed by atoms with Gasteiger partial charge in [-0.3, -0.25) is 4.72 Å². The van der Waals surface area contributed by atoms with Gasteiger partial charge in [0.1, 0.15) is 10.4 Å². The molecule has 0 amide bonds. The molecule has 2 aromatic rings. The summed E-state index contributed by atoms with van der Waals surface area (Å²) in [6.07, 6.45) is 0. The van der Waals surface area contributed by atoms with E-state index in [-0.39, 0.29) is 10.6 Å². The Labute approximate surface area is 131 Å². The first-order valence-electron chi connectivity index (χ1n) is 5.93. The quantitative estimate of drug-likeness (QED) is 0.635. The van der Waals surface area contributed by atoms with Gasteiger partial charge in [-0.1, -0.05) is 0 Å². The van der Waals surface area contributed by atoms with Crippen LogP contribution in [-0.4, -0.2) is 20.5 Å². The number of nitrogens with two attached hydrogens (primary N) is 1. The van der Waals surface area contributed by atoms with Crippen molar-refractivity contribution >= 4 is 37.3 Å². The minimum absolute atomic E-state index is 0.0584. The number of benzene rings is 1. The molecule has 0 radical (unpaired) electrons. The summed E-state index contributed by atoms with van der Waals surface area (Å²) in [4.78, 5) is 4.20. The van der Waals surface area contributed by atoms with Gasteiger partial charge < -0.3 is 10.5 Å². The molecule has 2 rings (SSSR count). The molecule has 1 heterocycles. The molecule has 6 nitrogen and oxygen atoms in total. The van der Waals surface area contributed by atoms with Crippen molar-refractivity contribution in [1.82, 2.24) is 4.98 Å². The molecule has 0 unspecified atom stereocenters. The Morgan fingerprint density at radius 2 is 2.00 bits per heavy atom. The van der Waals surface area contributed by atoms with E-state index >= 15 is 0 Å². The molecule has 3 N–H and O–H groups in total. The van der Waals surface area contributed by atoms with Gasteiger partial charge in [0.15, 0.2) is 0 Å². The largest absolute Gasteiger partial charge is 0.495 e. The second kappa shape index (κ2) is 5.90. The number of nitrogens with zero attached hydrogens (tertiary/aromatic N) is 1. The van der Waals surface area contributed by atoms with Crippen LogP contribution in [0.5, 0.6) is 5.75 Å². The third-order valence-corrected chi connectivity index (χ3v) is 4.61. The van der Waals surface area contributed by atoms with Crippen molar-refractivity contribution in [3.05, 3.63) is 40.6 Å². The monoisotopic (exact) mass is 371 g/mol. The molecule has 1 aromatic heterocycles. The average molecular weight is 372 g/mol. The number of hydrogen-bond acceptors (Lipinski definition) is 5. The van der Waals surface area contributed by atoms with Gasteiger partial charge in [0.25, 0.3) is 10.0 Å². The number of sulfonamides is 1. The van der Waals surface area contributed by atoms with Crippen LogP contribution in [0.25, 0.3) is 0 Å². The summed E-state index contributed by atoms with van der Waals surface area (Å²) in [5.41, 5.74) is 6.97. The lowest BCUT2D eigenvalue weighted by Gasteiger charge is -2.11. The number of aromatic nitrogens is 1. The Hall–Kier alpha value is -1.80. The number of methoxy groups -OCH3 is 1. The van der Waals surface area contributed by atoms with E-state index in [1.807, 2.05) is 0 Å². The molecule has 0 saturated heterocycles. The normalized spacial score (nSPS) is 11.2. The lowest BCUT2D eigenvalue weighted by atomic mass is 10.3. The fourth-order valence-corrected chi connectivity index (χ4v) is 3.27. The highest BCUT2D eigenvalue weighted by molar-refractivity contribution is 9.10. The minimum Gasteiger partial charge on any atom is -0.495 e. The van der Waals surface area contributed by atoms with E-state index in [1.54, 1.807) is 19.1 Å². The molecule has 1 aromatic carbocycles. The first kappa shape index (κ1) is 15.6.